The molecular weight excluding hydrogens is 426 g/mol. The molecule has 0 spiro atoms. The molecule has 2 N–H and O–H groups in total. The maximum atomic E-state index is 9.53. The van der Waals surface area contributed by atoms with Crippen LogP contribution in [0.5, 0.6) is 0 Å². The van der Waals surface area contributed by atoms with Crippen LogP contribution in [0, 0.1) is 11.8 Å². The lowest BCUT2D eigenvalue weighted by molar-refractivity contribution is 0.0840. The molecule has 0 amide bonds. The van der Waals surface area contributed by atoms with Gasteiger partial charge < -0.3 is 10.2 Å². The summed E-state index contributed by atoms with van der Waals surface area (Å²) in [5, 5.41) is 22.0. The lowest BCUT2D eigenvalue weighted by atomic mass is 9.63. The second-order valence-corrected chi connectivity index (χ2v) is 13.0. The minimum atomic E-state index is -0.534. The van der Waals surface area contributed by atoms with Crippen LogP contribution in [-0.4, -0.2) is 27.9 Å². The molecule has 2 aliphatic carbocycles. The SMILES string of the molecule is CC1(C)CCC(C)(C)c2cc(-c3csc(CC4CCC(CCCC(O)CO)CC4)n3)ccc21. The summed E-state index contributed by atoms with van der Waals surface area (Å²) in [6.07, 6.45) is 11.2. The van der Waals surface area contributed by atoms with Gasteiger partial charge in [0.2, 0.25) is 0 Å². The summed E-state index contributed by atoms with van der Waals surface area (Å²) in [5.41, 5.74) is 5.93. The van der Waals surface area contributed by atoms with Crippen molar-refractivity contribution in [3.05, 3.63) is 39.7 Å². The lowest BCUT2D eigenvalue weighted by Crippen LogP contribution is -2.33. The Kier molecular flexibility index (Phi) is 7.67. The van der Waals surface area contributed by atoms with Crippen LogP contribution >= 0.6 is 11.3 Å². The minimum absolute atomic E-state index is 0.107. The van der Waals surface area contributed by atoms with Crippen LogP contribution < -0.4 is 0 Å². The van der Waals surface area contributed by atoms with Gasteiger partial charge in [0, 0.05) is 17.4 Å². The van der Waals surface area contributed by atoms with Crippen LogP contribution in [0.2, 0.25) is 0 Å². The van der Waals surface area contributed by atoms with E-state index in [1.54, 1.807) is 0 Å². The number of hydrogen-bond acceptors (Lipinski definition) is 4. The number of benzene rings is 1. The van der Waals surface area contributed by atoms with E-state index >= 15 is 0 Å². The second-order valence-electron chi connectivity index (χ2n) is 12.0. The highest BCUT2D eigenvalue weighted by Crippen LogP contribution is 2.47. The van der Waals surface area contributed by atoms with Gasteiger partial charge in [-0.1, -0.05) is 65.5 Å². The average Bonchev–Trinajstić information content (AvgIpc) is 3.26. The predicted octanol–water partition coefficient (Wildman–Crippen LogP) is 7.03. The molecular formula is C29H43NO2S. The molecule has 2 aliphatic rings. The Hall–Kier alpha value is -1.23. The second kappa shape index (κ2) is 10.2. The Morgan fingerprint density at radius 1 is 1.00 bits per heavy atom. The number of aliphatic hydroxyl groups is 2. The molecule has 1 saturated carbocycles. The monoisotopic (exact) mass is 469 g/mol. The van der Waals surface area contributed by atoms with Crippen molar-refractivity contribution in [3.63, 3.8) is 0 Å². The molecule has 1 aromatic carbocycles. The quantitative estimate of drug-likeness (QED) is 0.436. The Morgan fingerprint density at radius 3 is 2.36 bits per heavy atom. The first kappa shape index (κ1) is 24.9. The van der Waals surface area contributed by atoms with Gasteiger partial charge in [-0.2, -0.15) is 0 Å². The van der Waals surface area contributed by atoms with Gasteiger partial charge in [-0.15, -0.1) is 11.3 Å². The summed E-state index contributed by atoms with van der Waals surface area (Å²) in [6.45, 7) is 9.44. The van der Waals surface area contributed by atoms with Gasteiger partial charge in [-0.05, 0) is 72.0 Å². The van der Waals surface area contributed by atoms with E-state index in [-0.39, 0.29) is 17.4 Å². The molecule has 4 heteroatoms. The molecule has 1 aromatic heterocycles. The van der Waals surface area contributed by atoms with Crippen molar-refractivity contribution in [1.29, 1.82) is 0 Å². The molecule has 1 fully saturated rings. The van der Waals surface area contributed by atoms with E-state index in [1.807, 2.05) is 11.3 Å². The minimum Gasteiger partial charge on any atom is -0.394 e. The van der Waals surface area contributed by atoms with Crippen LogP contribution in [0.4, 0.5) is 0 Å². The fourth-order valence-electron chi connectivity index (χ4n) is 5.99. The van der Waals surface area contributed by atoms with Crippen molar-refractivity contribution in [2.24, 2.45) is 11.8 Å². The standard InChI is InChI=1S/C29H43NO2S/c1-28(2)14-15-29(3,4)25-17-22(12-13-24(25)28)26-19-33-27(30-26)16-21-10-8-20(9-11-21)6-5-7-23(32)18-31/h12-13,17,19-21,23,31-32H,5-11,14-16,18H2,1-4H3. The summed E-state index contributed by atoms with van der Waals surface area (Å²) in [5.74, 6) is 1.55. The maximum Gasteiger partial charge on any atom is 0.0935 e. The Balaban J connectivity index is 1.35. The first-order valence-corrected chi connectivity index (χ1v) is 13.9. The van der Waals surface area contributed by atoms with Gasteiger partial charge in [-0.3, -0.25) is 0 Å². The highest BCUT2D eigenvalue weighted by atomic mass is 32.1. The van der Waals surface area contributed by atoms with E-state index in [4.69, 9.17) is 10.1 Å². The number of nitrogens with zero attached hydrogens (tertiary/aromatic N) is 1. The number of fused-ring (bicyclic) bond motifs is 1. The van der Waals surface area contributed by atoms with Gasteiger partial charge in [0.05, 0.1) is 23.4 Å². The predicted molar refractivity (Wildman–Crippen MR) is 139 cm³/mol. The van der Waals surface area contributed by atoms with Crippen molar-refractivity contribution in [3.8, 4) is 11.3 Å². The van der Waals surface area contributed by atoms with E-state index in [0.29, 0.717) is 0 Å². The van der Waals surface area contributed by atoms with Crippen molar-refractivity contribution >= 4 is 11.3 Å². The van der Waals surface area contributed by atoms with E-state index < -0.39 is 6.10 Å². The summed E-state index contributed by atoms with van der Waals surface area (Å²) in [7, 11) is 0. The first-order valence-electron chi connectivity index (χ1n) is 13.1. The normalized spacial score (nSPS) is 24.9. The molecule has 0 saturated heterocycles. The molecule has 4 rings (SSSR count). The van der Waals surface area contributed by atoms with Gasteiger partial charge in [0.15, 0.2) is 0 Å². The summed E-state index contributed by atoms with van der Waals surface area (Å²) < 4.78 is 0. The highest BCUT2D eigenvalue weighted by molar-refractivity contribution is 7.09. The number of rotatable bonds is 8. The summed E-state index contributed by atoms with van der Waals surface area (Å²) >= 11 is 1.83. The van der Waals surface area contributed by atoms with Crippen LogP contribution in [-0.2, 0) is 17.3 Å². The van der Waals surface area contributed by atoms with Crippen molar-refractivity contribution < 1.29 is 10.2 Å². The third-order valence-corrected chi connectivity index (χ3v) is 9.36. The van der Waals surface area contributed by atoms with E-state index in [9.17, 15) is 5.11 Å². The summed E-state index contributed by atoms with van der Waals surface area (Å²) in [4.78, 5) is 5.07. The van der Waals surface area contributed by atoms with E-state index in [0.717, 1.165) is 36.8 Å². The number of aromatic nitrogens is 1. The topological polar surface area (TPSA) is 53.4 Å². The third kappa shape index (κ3) is 5.89. The van der Waals surface area contributed by atoms with Crippen molar-refractivity contribution in [2.75, 3.05) is 6.61 Å². The van der Waals surface area contributed by atoms with Gasteiger partial charge in [0.1, 0.15) is 0 Å². The molecule has 0 aliphatic heterocycles. The largest absolute Gasteiger partial charge is 0.394 e. The number of hydrogen-bond donors (Lipinski definition) is 2. The van der Waals surface area contributed by atoms with Crippen LogP contribution in [0.15, 0.2) is 23.6 Å². The Labute approximate surface area is 204 Å². The molecule has 2 aromatic rings. The molecule has 33 heavy (non-hydrogen) atoms. The molecule has 0 radical (unpaired) electrons. The van der Waals surface area contributed by atoms with Crippen molar-refractivity contribution in [1.82, 2.24) is 4.98 Å². The molecule has 1 unspecified atom stereocenters. The fraction of sp³-hybridized carbons (Fsp3) is 0.690. The smallest absolute Gasteiger partial charge is 0.0935 e. The van der Waals surface area contributed by atoms with Crippen molar-refractivity contribution in [2.45, 2.75) is 109 Å². The Morgan fingerprint density at radius 2 is 1.67 bits per heavy atom. The maximum absolute atomic E-state index is 9.53. The first-order chi connectivity index (χ1) is 15.7. The number of aliphatic hydroxyl groups excluding tert-OH is 2. The molecule has 1 atom stereocenters. The van der Waals surface area contributed by atoms with Crippen LogP contribution in [0.1, 0.15) is 102 Å². The van der Waals surface area contributed by atoms with E-state index in [2.05, 4.69) is 51.3 Å². The number of thiazole rings is 1. The van der Waals surface area contributed by atoms with Gasteiger partial charge in [-0.25, -0.2) is 4.98 Å². The molecule has 0 bridgehead atoms. The Bertz CT molecular complexity index is 923. The third-order valence-electron chi connectivity index (χ3n) is 8.49. The van der Waals surface area contributed by atoms with E-state index in [1.165, 1.54) is 66.6 Å². The summed E-state index contributed by atoms with van der Waals surface area (Å²) in [6, 6.07) is 7.08. The molecule has 1 heterocycles. The highest BCUT2D eigenvalue weighted by Gasteiger charge is 2.37. The van der Waals surface area contributed by atoms with Gasteiger partial charge in [0.25, 0.3) is 0 Å². The lowest BCUT2D eigenvalue weighted by Gasteiger charge is -2.42. The molecule has 182 valence electrons. The van der Waals surface area contributed by atoms with Crippen LogP contribution in [0.25, 0.3) is 11.3 Å². The average molecular weight is 470 g/mol. The molecule has 3 nitrogen and oxygen atoms in total. The fourth-order valence-corrected chi connectivity index (χ4v) is 6.91. The zero-order chi connectivity index (χ0) is 23.6. The zero-order valence-electron chi connectivity index (χ0n) is 21.1. The van der Waals surface area contributed by atoms with Crippen LogP contribution in [0.3, 0.4) is 0 Å². The zero-order valence-corrected chi connectivity index (χ0v) is 21.9. The van der Waals surface area contributed by atoms with Gasteiger partial charge >= 0.3 is 0 Å².